The van der Waals surface area contributed by atoms with Crippen LogP contribution in [0.4, 0.5) is 5.13 Å². The minimum atomic E-state index is -3.52. The molecule has 1 N–H and O–H groups in total. The lowest BCUT2D eigenvalue weighted by molar-refractivity contribution is -0.120. The topological polar surface area (TPSA) is 79.4 Å². The number of hydrogen-bond donors (Lipinski definition) is 1. The third-order valence-electron chi connectivity index (χ3n) is 5.94. The van der Waals surface area contributed by atoms with Crippen molar-refractivity contribution in [2.75, 3.05) is 24.7 Å². The summed E-state index contributed by atoms with van der Waals surface area (Å²) in [6.07, 6.45) is 6.18. The number of aromatic nitrogens is 1. The summed E-state index contributed by atoms with van der Waals surface area (Å²) in [5.74, 6) is 0.440. The predicted molar refractivity (Wildman–Crippen MR) is 122 cm³/mol. The average molecular weight is 466 g/mol. The molecule has 2 heterocycles. The summed E-state index contributed by atoms with van der Waals surface area (Å²) in [4.78, 5) is 20.0. The lowest BCUT2D eigenvalue weighted by Gasteiger charge is -2.30. The smallest absolute Gasteiger partial charge is 0.243 e. The summed E-state index contributed by atoms with van der Waals surface area (Å²) in [6, 6.07) is 6.97. The van der Waals surface area contributed by atoms with E-state index in [9.17, 15) is 13.2 Å². The molecule has 1 aliphatic heterocycles. The van der Waals surface area contributed by atoms with Gasteiger partial charge in [0.15, 0.2) is 5.13 Å². The first-order valence-corrected chi connectivity index (χ1v) is 13.8. The van der Waals surface area contributed by atoms with Crippen LogP contribution >= 0.6 is 23.1 Å². The third kappa shape index (κ3) is 4.59. The number of thioether (sulfide) groups is 1. The van der Waals surface area contributed by atoms with E-state index in [2.05, 4.69) is 17.2 Å². The molecule has 0 bridgehead atoms. The Balaban J connectivity index is 1.35. The highest BCUT2D eigenvalue weighted by molar-refractivity contribution is 7.98. The van der Waals surface area contributed by atoms with Crippen LogP contribution in [0.25, 0.3) is 0 Å². The van der Waals surface area contributed by atoms with E-state index in [1.807, 2.05) is 18.4 Å². The number of rotatable bonds is 5. The molecule has 6 nitrogen and oxygen atoms in total. The maximum atomic E-state index is 12.9. The minimum absolute atomic E-state index is 0.0458. The van der Waals surface area contributed by atoms with E-state index >= 15 is 0 Å². The molecular formula is C21H27N3O3S3. The largest absolute Gasteiger partial charge is 0.302 e. The summed E-state index contributed by atoms with van der Waals surface area (Å²) in [7, 11) is -3.52. The van der Waals surface area contributed by atoms with Crippen LogP contribution in [0.1, 0.15) is 36.8 Å². The van der Waals surface area contributed by atoms with Gasteiger partial charge in [-0.1, -0.05) is 6.92 Å². The molecule has 1 amide bonds. The van der Waals surface area contributed by atoms with Gasteiger partial charge in [-0.15, -0.1) is 23.1 Å². The van der Waals surface area contributed by atoms with Crippen molar-refractivity contribution in [1.29, 1.82) is 0 Å². The molecule has 1 saturated heterocycles. The summed E-state index contributed by atoms with van der Waals surface area (Å²) < 4.78 is 27.3. The number of carbonyl (C=O) groups excluding carboxylic acids is 1. The first-order valence-electron chi connectivity index (χ1n) is 10.3. The molecule has 2 aliphatic rings. The number of aryl methyl sites for hydroxylation is 1. The van der Waals surface area contributed by atoms with E-state index < -0.39 is 10.0 Å². The first-order chi connectivity index (χ1) is 14.4. The molecule has 1 aromatic carbocycles. The lowest BCUT2D eigenvalue weighted by atomic mass is 9.93. The molecule has 162 valence electrons. The van der Waals surface area contributed by atoms with Crippen LogP contribution < -0.4 is 5.32 Å². The second-order valence-electron chi connectivity index (χ2n) is 8.08. The molecule has 0 spiro atoms. The van der Waals surface area contributed by atoms with Crippen LogP contribution in [0.3, 0.4) is 0 Å². The molecule has 4 rings (SSSR count). The van der Waals surface area contributed by atoms with Gasteiger partial charge in [0.05, 0.1) is 10.6 Å². The number of amides is 1. The Morgan fingerprint density at radius 2 is 1.90 bits per heavy atom. The third-order valence-corrected chi connectivity index (χ3v) is 9.63. The monoisotopic (exact) mass is 465 g/mol. The Hall–Kier alpha value is -1.42. The Kier molecular flexibility index (Phi) is 6.53. The Morgan fingerprint density at radius 3 is 2.57 bits per heavy atom. The van der Waals surface area contributed by atoms with Crippen LogP contribution in [0.5, 0.6) is 0 Å². The Morgan fingerprint density at radius 1 is 1.20 bits per heavy atom. The zero-order chi connectivity index (χ0) is 21.3. The number of fused-ring (bicyclic) bond motifs is 1. The summed E-state index contributed by atoms with van der Waals surface area (Å²) in [5.41, 5.74) is 1.13. The Bertz CT molecular complexity index is 1010. The molecule has 0 saturated carbocycles. The predicted octanol–water partition coefficient (Wildman–Crippen LogP) is 4.03. The summed E-state index contributed by atoms with van der Waals surface area (Å²) in [6.45, 7) is 2.97. The first kappa shape index (κ1) is 21.8. The molecule has 9 heteroatoms. The number of thiazole rings is 1. The zero-order valence-electron chi connectivity index (χ0n) is 17.3. The van der Waals surface area contributed by atoms with Crippen molar-refractivity contribution in [3.63, 3.8) is 0 Å². The number of nitrogens with zero attached hydrogens (tertiary/aromatic N) is 2. The van der Waals surface area contributed by atoms with Gasteiger partial charge in [0, 0.05) is 28.8 Å². The second kappa shape index (κ2) is 8.98. The van der Waals surface area contributed by atoms with Gasteiger partial charge in [-0.3, -0.25) is 4.79 Å². The highest BCUT2D eigenvalue weighted by Crippen LogP contribution is 2.33. The van der Waals surface area contributed by atoms with Gasteiger partial charge in [-0.25, -0.2) is 13.4 Å². The fraction of sp³-hybridized carbons (Fsp3) is 0.524. The number of hydrogen-bond acceptors (Lipinski definition) is 6. The van der Waals surface area contributed by atoms with Gasteiger partial charge >= 0.3 is 0 Å². The van der Waals surface area contributed by atoms with Gasteiger partial charge in [-0.2, -0.15) is 4.31 Å². The van der Waals surface area contributed by atoms with Crippen molar-refractivity contribution in [3.05, 3.63) is 34.8 Å². The number of benzene rings is 1. The van der Waals surface area contributed by atoms with Crippen molar-refractivity contribution in [3.8, 4) is 0 Å². The number of carbonyl (C=O) groups is 1. The van der Waals surface area contributed by atoms with Crippen molar-refractivity contribution in [1.82, 2.24) is 9.29 Å². The number of nitrogens with one attached hydrogen (secondary N) is 1. The molecule has 1 fully saturated rings. The van der Waals surface area contributed by atoms with E-state index in [1.54, 1.807) is 35.2 Å². The molecule has 2 aromatic rings. The van der Waals surface area contributed by atoms with Crippen molar-refractivity contribution in [2.45, 2.75) is 48.8 Å². The van der Waals surface area contributed by atoms with Gasteiger partial charge in [-0.05, 0) is 68.5 Å². The van der Waals surface area contributed by atoms with Gasteiger partial charge in [0.1, 0.15) is 0 Å². The molecule has 1 aromatic heterocycles. The molecule has 0 radical (unpaired) electrons. The van der Waals surface area contributed by atoms with Crippen molar-refractivity contribution in [2.24, 2.45) is 11.8 Å². The van der Waals surface area contributed by atoms with Crippen LogP contribution in [0, 0.1) is 11.8 Å². The fourth-order valence-corrected chi connectivity index (χ4v) is 7.11. The summed E-state index contributed by atoms with van der Waals surface area (Å²) >= 11 is 3.16. The summed E-state index contributed by atoms with van der Waals surface area (Å²) in [5, 5.41) is 3.66. The quantitative estimate of drug-likeness (QED) is 0.675. The Labute approximate surface area is 186 Å². The number of piperidine rings is 1. The fourth-order valence-electron chi connectivity index (χ4n) is 4.06. The standard InChI is InChI=1S/C21H27N3O3S3/c1-14-3-8-18-19(13-14)29-21(22-18)23-20(25)15-9-11-24(12-10-15)30(26,27)17-6-4-16(28-2)5-7-17/h4-7,14-15H,3,8-13H2,1-2H3,(H,22,23,25). The van der Waals surface area contributed by atoms with Crippen LogP contribution in [-0.4, -0.2) is 43.0 Å². The van der Waals surface area contributed by atoms with Gasteiger partial charge in [0.2, 0.25) is 15.9 Å². The van der Waals surface area contributed by atoms with E-state index in [1.165, 1.54) is 9.18 Å². The van der Waals surface area contributed by atoms with E-state index in [0.29, 0.717) is 41.9 Å². The maximum absolute atomic E-state index is 12.9. The lowest BCUT2D eigenvalue weighted by Crippen LogP contribution is -2.41. The maximum Gasteiger partial charge on any atom is 0.243 e. The van der Waals surface area contributed by atoms with E-state index in [-0.39, 0.29) is 11.8 Å². The molecular weight excluding hydrogens is 438 g/mol. The van der Waals surface area contributed by atoms with E-state index in [0.717, 1.165) is 29.9 Å². The highest BCUT2D eigenvalue weighted by Gasteiger charge is 2.32. The van der Waals surface area contributed by atoms with E-state index in [4.69, 9.17) is 0 Å². The SMILES string of the molecule is CSc1ccc(S(=O)(=O)N2CCC(C(=O)Nc3nc4c(s3)CC(C)CC4)CC2)cc1. The van der Waals surface area contributed by atoms with Crippen LogP contribution in [0.2, 0.25) is 0 Å². The molecule has 1 aliphatic carbocycles. The number of anilines is 1. The van der Waals surface area contributed by atoms with Crippen molar-refractivity contribution < 1.29 is 13.2 Å². The van der Waals surface area contributed by atoms with Crippen molar-refractivity contribution >= 4 is 44.2 Å². The minimum Gasteiger partial charge on any atom is -0.302 e. The molecule has 1 unspecified atom stereocenters. The second-order valence-corrected chi connectivity index (χ2v) is 12.0. The van der Waals surface area contributed by atoms with Crippen LogP contribution in [0.15, 0.2) is 34.1 Å². The molecule has 1 atom stereocenters. The average Bonchev–Trinajstić information content (AvgIpc) is 3.15. The zero-order valence-corrected chi connectivity index (χ0v) is 19.7. The number of sulfonamides is 1. The van der Waals surface area contributed by atoms with Gasteiger partial charge < -0.3 is 5.32 Å². The highest BCUT2D eigenvalue weighted by atomic mass is 32.2. The van der Waals surface area contributed by atoms with Gasteiger partial charge in [0.25, 0.3) is 0 Å². The molecule has 30 heavy (non-hydrogen) atoms. The van der Waals surface area contributed by atoms with Crippen LogP contribution in [-0.2, 0) is 27.7 Å². The normalized spacial score (nSPS) is 20.7.